The first-order chi connectivity index (χ1) is 13.5. The van der Waals surface area contributed by atoms with E-state index in [1.807, 2.05) is 12.1 Å². The van der Waals surface area contributed by atoms with Crippen LogP contribution in [0.2, 0.25) is 0 Å². The smallest absolute Gasteiger partial charge is 0.314 e. The molecule has 7 heteroatoms. The number of benzene rings is 2. The highest BCUT2D eigenvalue weighted by Crippen LogP contribution is 2.41. The highest BCUT2D eigenvalue weighted by atomic mass is 35.5. The summed E-state index contributed by atoms with van der Waals surface area (Å²) in [6, 6.07) is 14.0. The van der Waals surface area contributed by atoms with Crippen molar-refractivity contribution >= 4 is 12.4 Å². The fraction of sp³-hybridized carbons (Fsp3) is 0.455. The minimum absolute atomic E-state index is 0. The van der Waals surface area contributed by atoms with Crippen molar-refractivity contribution in [2.24, 2.45) is 0 Å². The predicted octanol–water partition coefficient (Wildman–Crippen LogP) is 4.14. The Kier molecular flexibility index (Phi) is 7.22. The number of hydrogen-bond donors (Lipinski definition) is 2. The van der Waals surface area contributed by atoms with Gasteiger partial charge in [0.05, 0.1) is 5.56 Å². The lowest BCUT2D eigenvalue weighted by molar-refractivity contribution is -0.137. The second-order valence-corrected chi connectivity index (χ2v) is 7.70. The summed E-state index contributed by atoms with van der Waals surface area (Å²) in [6.45, 7) is 6.47. The van der Waals surface area contributed by atoms with Gasteiger partial charge in [-0.1, -0.05) is 36.4 Å². The maximum atomic E-state index is 12.9. The third-order valence-corrected chi connectivity index (χ3v) is 5.70. The fourth-order valence-corrected chi connectivity index (χ4v) is 3.93. The molecule has 0 bridgehead atoms. The minimum Gasteiger partial charge on any atom is -0.314 e. The van der Waals surface area contributed by atoms with E-state index in [0.717, 1.165) is 57.3 Å². The maximum Gasteiger partial charge on any atom is 0.416 e. The van der Waals surface area contributed by atoms with E-state index in [4.69, 9.17) is 0 Å². The van der Waals surface area contributed by atoms with Crippen LogP contribution in [-0.4, -0.2) is 50.2 Å². The van der Waals surface area contributed by atoms with Gasteiger partial charge in [0.15, 0.2) is 0 Å². The Morgan fingerprint density at radius 2 is 1.72 bits per heavy atom. The zero-order valence-electron chi connectivity index (χ0n) is 16.2. The van der Waals surface area contributed by atoms with Gasteiger partial charge >= 0.3 is 6.18 Å². The monoisotopic (exact) mass is 425 g/mol. The summed E-state index contributed by atoms with van der Waals surface area (Å²) in [5.74, 6) is 0.513. The van der Waals surface area contributed by atoms with E-state index in [9.17, 15) is 13.2 Å². The van der Waals surface area contributed by atoms with Gasteiger partial charge in [0.25, 0.3) is 0 Å². The fourth-order valence-electron chi connectivity index (χ4n) is 3.93. The van der Waals surface area contributed by atoms with Crippen LogP contribution in [-0.2, 0) is 6.18 Å². The van der Waals surface area contributed by atoms with Gasteiger partial charge < -0.3 is 10.6 Å². The zero-order chi connectivity index (χ0) is 19.6. The van der Waals surface area contributed by atoms with Crippen LogP contribution < -0.4 is 10.6 Å². The summed E-state index contributed by atoms with van der Waals surface area (Å²) in [6.07, 6.45) is -3.18. The van der Waals surface area contributed by atoms with E-state index in [-0.39, 0.29) is 12.4 Å². The largest absolute Gasteiger partial charge is 0.416 e. The first-order valence-electron chi connectivity index (χ1n) is 9.95. The number of nitrogens with zero attached hydrogens (tertiary/aromatic N) is 1. The molecule has 0 spiro atoms. The van der Waals surface area contributed by atoms with E-state index in [2.05, 4.69) is 27.7 Å². The molecule has 2 N–H and O–H groups in total. The van der Waals surface area contributed by atoms with Crippen molar-refractivity contribution in [3.8, 4) is 11.1 Å². The molecule has 1 aliphatic carbocycles. The van der Waals surface area contributed by atoms with Gasteiger partial charge in [0.1, 0.15) is 0 Å². The molecule has 0 radical (unpaired) electrons. The van der Waals surface area contributed by atoms with Crippen molar-refractivity contribution in [3.63, 3.8) is 0 Å². The molecule has 0 amide bonds. The predicted molar refractivity (Wildman–Crippen MR) is 113 cm³/mol. The highest BCUT2D eigenvalue weighted by Gasteiger charge is 2.37. The van der Waals surface area contributed by atoms with Crippen molar-refractivity contribution in [1.29, 1.82) is 0 Å². The van der Waals surface area contributed by atoms with Crippen molar-refractivity contribution in [1.82, 2.24) is 15.5 Å². The van der Waals surface area contributed by atoms with Gasteiger partial charge in [-0.15, -0.1) is 12.4 Å². The first-order valence-corrected chi connectivity index (χ1v) is 9.95. The molecule has 1 saturated heterocycles. The lowest BCUT2D eigenvalue weighted by Crippen LogP contribution is -2.46. The molecule has 1 aliphatic heterocycles. The Hall–Kier alpha value is -1.60. The Labute approximate surface area is 176 Å². The number of nitrogens with one attached hydrogen (secondary N) is 2. The Morgan fingerprint density at radius 3 is 2.41 bits per heavy atom. The lowest BCUT2D eigenvalue weighted by Gasteiger charge is -2.27. The van der Waals surface area contributed by atoms with Crippen molar-refractivity contribution in [2.75, 3.05) is 39.3 Å². The van der Waals surface area contributed by atoms with Gasteiger partial charge in [-0.05, 0) is 35.2 Å². The summed E-state index contributed by atoms with van der Waals surface area (Å²) >= 11 is 0. The molecule has 1 saturated carbocycles. The molecule has 3 nitrogen and oxygen atoms in total. The van der Waals surface area contributed by atoms with E-state index in [1.165, 1.54) is 17.7 Å². The Bertz CT molecular complexity index is 789. The van der Waals surface area contributed by atoms with Crippen LogP contribution in [0.5, 0.6) is 0 Å². The molecule has 2 aromatic rings. The summed E-state index contributed by atoms with van der Waals surface area (Å²) < 4.78 is 38.7. The number of piperazine rings is 1. The topological polar surface area (TPSA) is 27.3 Å². The van der Waals surface area contributed by atoms with Crippen molar-refractivity contribution in [2.45, 2.75) is 24.6 Å². The summed E-state index contributed by atoms with van der Waals surface area (Å²) in [4.78, 5) is 2.48. The molecule has 2 fully saturated rings. The van der Waals surface area contributed by atoms with Crippen LogP contribution in [0.25, 0.3) is 11.1 Å². The maximum absolute atomic E-state index is 12.9. The van der Waals surface area contributed by atoms with Gasteiger partial charge in [-0.3, -0.25) is 4.90 Å². The molecule has 2 atom stereocenters. The van der Waals surface area contributed by atoms with Crippen LogP contribution in [0, 0.1) is 0 Å². The average molecular weight is 426 g/mol. The second kappa shape index (κ2) is 9.47. The molecular formula is C22H27ClF3N3. The first kappa shape index (κ1) is 22.1. The standard InChI is InChI=1S/C22H26F3N3.ClH/c23-22(24,25)19-3-1-2-18(14-19)16-4-6-17(7-5-16)20-15-21(20)27-10-13-28-11-8-26-9-12-28;/h1-7,14,20-21,26-27H,8-13,15H2;1H/t20-,21+;/m0./s1. The molecule has 0 unspecified atom stereocenters. The molecular weight excluding hydrogens is 399 g/mol. The summed E-state index contributed by atoms with van der Waals surface area (Å²) in [7, 11) is 0. The molecule has 158 valence electrons. The minimum atomic E-state index is -4.31. The van der Waals surface area contributed by atoms with Crippen LogP contribution >= 0.6 is 12.4 Å². The van der Waals surface area contributed by atoms with E-state index in [0.29, 0.717) is 17.5 Å². The third kappa shape index (κ3) is 5.72. The second-order valence-electron chi connectivity index (χ2n) is 7.70. The van der Waals surface area contributed by atoms with Crippen LogP contribution in [0.3, 0.4) is 0 Å². The van der Waals surface area contributed by atoms with Crippen molar-refractivity contribution < 1.29 is 13.2 Å². The Balaban J connectivity index is 0.00000240. The Morgan fingerprint density at radius 1 is 1.00 bits per heavy atom. The molecule has 4 rings (SSSR count). The highest BCUT2D eigenvalue weighted by molar-refractivity contribution is 5.85. The number of alkyl halides is 3. The van der Waals surface area contributed by atoms with E-state index in [1.54, 1.807) is 6.07 Å². The molecule has 1 heterocycles. The number of rotatable bonds is 6. The summed E-state index contributed by atoms with van der Waals surface area (Å²) in [5, 5.41) is 7.00. The third-order valence-electron chi connectivity index (χ3n) is 5.70. The quantitative estimate of drug-likeness (QED) is 0.728. The molecule has 29 heavy (non-hydrogen) atoms. The van der Waals surface area contributed by atoms with Crippen LogP contribution in [0.4, 0.5) is 13.2 Å². The van der Waals surface area contributed by atoms with Gasteiger partial charge in [0, 0.05) is 51.2 Å². The lowest BCUT2D eigenvalue weighted by atomic mass is 10.0. The molecule has 2 aliphatic rings. The van der Waals surface area contributed by atoms with Gasteiger partial charge in [-0.25, -0.2) is 0 Å². The van der Waals surface area contributed by atoms with Crippen LogP contribution in [0.1, 0.15) is 23.5 Å². The number of hydrogen-bond acceptors (Lipinski definition) is 3. The van der Waals surface area contributed by atoms with Crippen molar-refractivity contribution in [3.05, 3.63) is 59.7 Å². The van der Waals surface area contributed by atoms with E-state index < -0.39 is 11.7 Å². The zero-order valence-corrected chi connectivity index (χ0v) is 17.0. The summed E-state index contributed by atoms with van der Waals surface area (Å²) in [5.41, 5.74) is 2.07. The number of halogens is 4. The van der Waals surface area contributed by atoms with Gasteiger partial charge in [-0.2, -0.15) is 13.2 Å². The van der Waals surface area contributed by atoms with E-state index >= 15 is 0 Å². The van der Waals surface area contributed by atoms with Crippen LogP contribution in [0.15, 0.2) is 48.5 Å². The average Bonchev–Trinajstić information content (AvgIpc) is 3.48. The normalized spacial score (nSPS) is 22.2. The molecule has 2 aromatic carbocycles. The SMILES string of the molecule is Cl.FC(F)(F)c1cccc(-c2ccc([C@@H]3C[C@H]3NCCN3CCNCC3)cc2)c1. The van der Waals surface area contributed by atoms with Gasteiger partial charge in [0.2, 0.25) is 0 Å². The molecule has 0 aromatic heterocycles.